The van der Waals surface area contributed by atoms with Gasteiger partial charge in [-0.15, -0.1) is 0 Å². The first kappa shape index (κ1) is 17.8. The first-order chi connectivity index (χ1) is 13.0. The zero-order valence-electron chi connectivity index (χ0n) is 16.1. The number of nitrogens with zero attached hydrogens (tertiary/aromatic N) is 2. The lowest BCUT2D eigenvalue weighted by molar-refractivity contribution is 0.242. The molecule has 2 atom stereocenters. The molecule has 2 aromatic rings. The second-order valence-electron chi connectivity index (χ2n) is 7.92. The minimum Gasteiger partial charge on any atom is -0.491 e. The number of nitrogens with two attached hydrogens (primary N) is 1. The van der Waals surface area contributed by atoms with Gasteiger partial charge in [-0.2, -0.15) is 0 Å². The van der Waals surface area contributed by atoms with Crippen LogP contribution in [0.25, 0.3) is 0 Å². The number of nitrogens with one attached hydrogen (secondary N) is 1. The predicted octanol–water partition coefficient (Wildman–Crippen LogP) is 4.39. The summed E-state index contributed by atoms with van der Waals surface area (Å²) in [5, 5.41) is 8.74. The number of rotatable bonds is 5. The van der Waals surface area contributed by atoms with Crippen molar-refractivity contribution in [3.8, 4) is 5.75 Å². The van der Waals surface area contributed by atoms with Gasteiger partial charge in [-0.25, -0.2) is 4.98 Å². The molecule has 2 bridgehead atoms. The summed E-state index contributed by atoms with van der Waals surface area (Å²) in [4.78, 5) is 7.12. The van der Waals surface area contributed by atoms with E-state index in [9.17, 15) is 0 Å². The number of pyridine rings is 1. The maximum absolute atomic E-state index is 8.74. The van der Waals surface area contributed by atoms with E-state index in [2.05, 4.69) is 9.88 Å². The average Bonchev–Trinajstić information content (AvgIpc) is 2.91. The Kier molecular flexibility index (Phi) is 4.77. The largest absolute Gasteiger partial charge is 0.491 e. The molecule has 2 fully saturated rings. The van der Waals surface area contributed by atoms with Gasteiger partial charge < -0.3 is 15.4 Å². The highest BCUT2D eigenvalue weighted by atomic mass is 16.5. The summed E-state index contributed by atoms with van der Waals surface area (Å²) in [5.74, 6) is 1.74. The number of nitrogen functional groups attached to an aromatic ring is 1. The number of anilines is 2. The number of ether oxygens (including phenoxy) is 1. The molecule has 27 heavy (non-hydrogen) atoms. The van der Waals surface area contributed by atoms with Gasteiger partial charge in [0.15, 0.2) is 0 Å². The molecular formula is C22H28N4O. The highest BCUT2D eigenvalue weighted by Crippen LogP contribution is 2.38. The van der Waals surface area contributed by atoms with Gasteiger partial charge in [0.2, 0.25) is 0 Å². The Balaban J connectivity index is 1.63. The van der Waals surface area contributed by atoms with E-state index in [1.54, 1.807) is 0 Å². The van der Waals surface area contributed by atoms with Crippen LogP contribution in [0.4, 0.5) is 11.5 Å². The van der Waals surface area contributed by atoms with Crippen LogP contribution in [0.3, 0.4) is 0 Å². The van der Waals surface area contributed by atoms with E-state index in [4.69, 9.17) is 15.9 Å². The van der Waals surface area contributed by atoms with Gasteiger partial charge in [0.25, 0.3) is 0 Å². The van der Waals surface area contributed by atoms with Crippen LogP contribution in [0.2, 0.25) is 0 Å². The van der Waals surface area contributed by atoms with Crippen LogP contribution in [0.15, 0.2) is 36.5 Å². The molecule has 2 aliphatic heterocycles. The van der Waals surface area contributed by atoms with E-state index in [1.165, 1.54) is 32.1 Å². The van der Waals surface area contributed by atoms with E-state index in [1.807, 2.05) is 50.4 Å². The fourth-order valence-electron chi connectivity index (χ4n) is 4.46. The number of benzene rings is 1. The highest BCUT2D eigenvalue weighted by Gasteiger charge is 2.37. The van der Waals surface area contributed by atoms with Gasteiger partial charge in [0.1, 0.15) is 11.6 Å². The van der Waals surface area contributed by atoms with E-state index in [0.29, 0.717) is 29.0 Å². The second-order valence-corrected chi connectivity index (χ2v) is 7.92. The maximum Gasteiger partial charge on any atom is 0.129 e. The third-order valence-electron chi connectivity index (χ3n) is 5.66. The molecule has 3 N–H and O–H groups in total. The monoisotopic (exact) mass is 364 g/mol. The molecule has 5 nitrogen and oxygen atoms in total. The number of hydrogen-bond donors (Lipinski definition) is 2. The van der Waals surface area contributed by atoms with Crippen LogP contribution in [0, 0.1) is 5.41 Å². The molecule has 1 aromatic heterocycles. The molecule has 4 rings (SSSR count). The van der Waals surface area contributed by atoms with Gasteiger partial charge in [-0.1, -0.05) is 0 Å². The summed E-state index contributed by atoms with van der Waals surface area (Å²) in [6, 6.07) is 10.7. The molecule has 0 amide bonds. The lowest BCUT2D eigenvalue weighted by Crippen LogP contribution is -2.40. The Morgan fingerprint density at radius 2 is 1.89 bits per heavy atom. The normalized spacial score (nSPS) is 21.5. The maximum atomic E-state index is 8.74. The first-order valence-corrected chi connectivity index (χ1v) is 9.93. The van der Waals surface area contributed by atoms with Crippen LogP contribution in [0.5, 0.6) is 5.75 Å². The van der Waals surface area contributed by atoms with E-state index < -0.39 is 0 Å². The van der Waals surface area contributed by atoms with Crippen molar-refractivity contribution in [3.63, 3.8) is 0 Å². The third kappa shape index (κ3) is 3.51. The van der Waals surface area contributed by atoms with E-state index in [0.717, 1.165) is 17.1 Å². The second kappa shape index (κ2) is 7.22. The van der Waals surface area contributed by atoms with Gasteiger partial charge in [0, 0.05) is 35.1 Å². The number of hydrogen-bond acceptors (Lipinski definition) is 5. The fourth-order valence-corrected chi connectivity index (χ4v) is 4.46. The van der Waals surface area contributed by atoms with Crippen LogP contribution in [-0.2, 0) is 0 Å². The summed E-state index contributed by atoms with van der Waals surface area (Å²) in [6.07, 6.45) is 8.24. The SMILES string of the molecule is CC(C)Oc1ccc(N)c(C(=N)c2ccnc(N3C4CCCC3CC4)c2)c1. The quantitative estimate of drug-likeness (QED) is 0.609. The lowest BCUT2D eigenvalue weighted by Gasteiger charge is -2.36. The topological polar surface area (TPSA) is 75.2 Å². The zero-order chi connectivity index (χ0) is 19.0. The molecule has 0 saturated carbocycles. The van der Waals surface area contributed by atoms with Crippen LogP contribution in [-0.4, -0.2) is 28.9 Å². The van der Waals surface area contributed by atoms with Gasteiger partial charge in [-0.05, 0) is 76.3 Å². The van der Waals surface area contributed by atoms with Crippen molar-refractivity contribution in [2.75, 3.05) is 10.6 Å². The number of aromatic nitrogens is 1. The molecule has 1 aromatic carbocycles. The Hall–Kier alpha value is -2.56. The Bertz CT molecular complexity index is 832. The van der Waals surface area contributed by atoms with Crippen LogP contribution in [0.1, 0.15) is 57.1 Å². The molecule has 142 valence electrons. The van der Waals surface area contributed by atoms with Gasteiger partial charge in [-0.3, -0.25) is 5.41 Å². The van der Waals surface area contributed by atoms with Crippen molar-refractivity contribution < 1.29 is 4.74 Å². The summed E-state index contributed by atoms with van der Waals surface area (Å²) in [5.41, 5.74) is 8.72. The number of piperidine rings is 1. The summed E-state index contributed by atoms with van der Waals surface area (Å²) >= 11 is 0. The fraction of sp³-hybridized carbons (Fsp3) is 0.455. The van der Waals surface area contributed by atoms with Crippen molar-refractivity contribution in [2.24, 2.45) is 0 Å². The molecular weight excluding hydrogens is 336 g/mol. The average molecular weight is 364 g/mol. The first-order valence-electron chi connectivity index (χ1n) is 9.93. The standard InChI is InChI=1S/C22H28N4O/c1-14(2)27-18-8-9-20(23)19(13-18)22(24)15-10-11-25-21(12-15)26-16-4-3-5-17(26)7-6-16/h8-14,16-17,24H,3-7,23H2,1-2H3. The molecule has 0 spiro atoms. The van der Waals surface area contributed by atoms with Crippen molar-refractivity contribution in [2.45, 2.75) is 64.1 Å². The van der Waals surface area contributed by atoms with Crippen molar-refractivity contribution >= 4 is 17.2 Å². The summed E-state index contributed by atoms with van der Waals surface area (Å²) in [7, 11) is 0. The van der Waals surface area contributed by atoms with Gasteiger partial charge in [0.05, 0.1) is 11.8 Å². The molecule has 2 unspecified atom stereocenters. The smallest absolute Gasteiger partial charge is 0.129 e. The number of fused-ring (bicyclic) bond motifs is 2. The van der Waals surface area contributed by atoms with Crippen molar-refractivity contribution in [1.29, 1.82) is 5.41 Å². The van der Waals surface area contributed by atoms with Crippen molar-refractivity contribution in [1.82, 2.24) is 4.98 Å². The van der Waals surface area contributed by atoms with Crippen LogP contribution >= 0.6 is 0 Å². The van der Waals surface area contributed by atoms with Crippen LogP contribution < -0.4 is 15.4 Å². The Labute approximate surface area is 161 Å². The Morgan fingerprint density at radius 3 is 2.59 bits per heavy atom. The van der Waals surface area contributed by atoms with E-state index >= 15 is 0 Å². The van der Waals surface area contributed by atoms with Crippen molar-refractivity contribution in [3.05, 3.63) is 47.7 Å². The minimum atomic E-state index is 0.0813. The van der Waals surface area contributed by atoms with Gasteiger partial charge >= 0.3 is 0 Å². The minimum absolute atomic E-state index is 0.0813. The predicted molar refractivity (Wildman–Crippen MR) is 110 cm³/mol. The molecule has 2 saturated heterocycles. The zero-order valence-corrected chi connectivity index (χ0v) is 16.1. The summed E-state index contributed by atoms with van der Waals surface area (Å²) in [6.45, 7) is 3.98. The molecule has 3 heterocycles. The lowest BCUT2D eigenvalue weighted by atomic mass is 10.00. The molecule has 5 heteroatoms. The summed E-state index contributed by atoms with van der Waals surface area (Å²) < 4.78 is 5.78. The third-order valence-corrected chi connectivity index (χ3v) is 5.66. The Morgan fingerprint density at radius 1 is 1.15 bits per heavy atom. The van der Waals surface area contributed by atoms with E-state index in [-0.39, 0.29) is 6.10 Å². The molecule has 2 aliphatic rings. The highest BCUT2D eigenvalue weighted by molar-refractivity contribution is 6.14. The molecule has 0 aliphatic carbocycles. The molecule has 0 radical (unpaired) electrons.